The third-order valence-corrected chi connectivity index (χ3v) is 2.98. The first-order chi connectivity index (χ1) is 10.0. The molecule has 7 nitrogen and oxygen atoms in total. The summed E-state index contributed by atoms with van der Waals surface area (Å²) < 4.78 is 0.435. The summed E-state index contributed by atoms with van der Waals surface area (Å²) in [6.07, 6.45) is 1.72. The first-order valence-corrected chi connectivity index (χ1v) is 6.29. The van der Waals surface area contributed by atoms with E-state index in [1.807, 2.05) is 6.92 Å². The van der Waals surface area contributed by atoms with Gasteiger partial charge in [0.2, 0.25) is 0 Å². The third kappa shape index (κ3) is 3.14. The number of carbonyl (C=O) groups is 1. The Morgan fingerprint density at radius 3 is 2.71 bits per heavy atom. The summed E-state index contributed by atoms with van der Waals surface area (Å²) in [6.45, 7) is 1.81. The molecule has 1 aromatic heterocycles. The topological polar surface area (TPSA) is 99.2 Å². The average molecular weight is 287 g/mol. The fourth-order valence-corrected chi connectivity index (χ4v) is 1.91. The molecule has 0 unspecified atom stereocenters. The summed E-state index contributed by atoms with van der Waals surface area (Å²) in [5.41, 5.74) is 0.711. The van der Waals surface area contributed by atoms with Gasteiger partial charge in [0.25, 0.3) is 11.4 Å². The van der Waals surface area contributed by atoms with Crippen LogP contribution in [0.1, 0.15) is 23.0 Å². The van der Waals surface area contributed by atoms with Crippen molar-refractivity contribution in [3.8, 4) is 0 Å². The van der Waals surface area contributed by atoms with Crippen LogP contribution in [0, 0.1) is 15.3 Å². The SMILES string of the molecule is CCc1ccc(NC(=O)c2cccc[n+]2[O-])cc1[N+](=O)[O-]. The maximum atomic E-state index is 12.0. The molecule has 0 spiro atoms. The number of nitro benzene ring substituents is 1. The minimum atomic E-state index is -0.621. The molecular weight excluding hydrogens is 274 g/mol. The zero-order valence-electron chi connectivity index (χ0n) is 11.3. The van der Waals surface area contributed by atoms with Crippen LogP contribution >= 0.6 is 0 Å². The van der Waals surface area contributed by atoms with Crippen molar-refractivity contribution in [2.24, 2.45) is 0 Å². The number of nitro groups is 1. The van der Waals surface area contributed by atoms with Crippen LogP contribution in [0.4, 0.5) is 11.4 Å². The van der Waals surface area contributed by atoms with Crippen LogP contribution in [0.5, 0.6) is 0 Å². The Bertz CT molecular complexity index is 700. The number of benzene rings is 1. The molecule has 0 fully saturated rings. The molecule has 0 aliphatic heterocycles. The highest BCUT2D eigenvalue weighted by Crippen LogP contribution is 2.23. The van der Waals surface area contributed by atoms with Gasteiger partial charge in [0.1, 0.15) is 0 Å². The van der Waals surface area contributed by atoms with Gasteiger partial charge in [0.15, 0.2) is 6.20 Å². The number of carbonyl (C=O) groups excluding carboxylic acids is 1. The summed E-state index contributed by atoms with van der Waals surface area (Å²) in [6, 6.07) is 8.88. The lowest BCUT2D eigenvalue weighted by Gasteiger charge is -2.07. The van der Waals surface area contributed by atoms with Crippen LogP contribution in [0.2, 0.25) is 0 Å². The monoisotopic (exact) mass is 287 g/mol. The lowest BCUT2D eigenvalue weighted by Crippen LogP contribution is -2.36. The smallest absolute Gasteiger partial charge is 0.321 e. The summed E-state index contributed by atoms with van der Waals surface area (Å²) in [5.74, 6) is -0.621. The van der Waals surface area contributed by atoms with Crippen molar-refractivity contribution in [3.63, 3.8) is 0 Å². The number of aryl methyl sites for hydroxylation is 1. The molecule has 0 saturated carbocycles. The Kier molecular flexibility index (Phi) is 4.13. The molecule has 0 saturated heterocycles. The van der Waals surface area contributed by atoms with Gasteiger partial charge in [-0.25, -0.2) is 0 Å². The Hall–Kier alpha value is -2.96. The Morgan fingerprint density at radius 2 is 2.10 bits per heavy atom. The van der Waals surface area contributed by atoms with E-state index in [1.165, 1.54) is 24.4 Å². The van der Waals surface area contributed by atoms with Crippen molar-refractivity contribution in [1.82, 2.24) is 0 Å². The Labute approximate surface area is 120 Å². The van der Waals surface area contributed by atoms with E-state index in [2.05, 4.69) is 5.32 Å². The zero-order valence-corrected chi connectivity index (χ0v) is 11.3. The van der Waals surface area contributed by atoms with E-state index in [-0.39, 0.29) is 17.1 Å². The number of rotatable bonds is 4. The van der Waals surface area contributed by atoms with Crippen molar-refractivity contribution in [2.75, 3.05) is 5.32 Å². The highest BCUT2D eigenvalue weighted by Gasteiger charge is 2.18. The third-order valence-electron chi connectivity index (χ3n) is 2.98. The number of anilines is 1. The van der Waals surface area contributed by atoms with Crippen LogP contribution < -0.4 is 10.0 Å². The zero-order chi connectivity index (χ0) is 15.4. The van der Waals surface area contributed by atoms with Crippen molar-refractivity contribution < 1.29 is 14.4 Å². The van der Waals surface area contributed by atoms with Crippen LogP contribution in [-0.2, 0) is 6.42 Å². The predicted octanol–water partition coefficient (Wildman–Crippen LogP) is 2.04. The van der Waals surface area contributed by atoms with E-state index < -0.39 is 10.8 Å². The van der Waals surface area contributed by atoms with Gasteiger partial charge in [-0.3, -0.25) is 14.9 Å². The Morgan fingerprint density at radius 1 is 1.33 bits per heavy atom. The fourth-order valence-electron chi connectivity index (χ4n) is 1.91. The molecule has 0 bridgehead atoms. The average Bonchev–Trinajstić information content (AvgIpc) is 2.47. The minimum absolute atomic E-state index is 0.0571. The van der Waals surface area contributed by atoms with Crippen molar-refractivity contribution in [1.29, 1.82) is 0 Å². The van der Waals surface area contributed by atoms with Gasteiger partial charge >= 0.3 is 5.91 Å². The Balaban J connectivity index is 2.28. The number of nitrogens with one attached hydrogen (secondary N) is 1. The summed E-state index contributed by atoms with van der Waals surface area (Å²) >= 11 is 0. The van der Waals surface area contributed by atoms with Crippen LogP contribution in [0.15, 0.2) is 42.6 Å². The van der Waals surface area contributed by atoms with Gasteiger partial charge in [0, 0.05) is 29.4 Å². The number of amides is 1. The van der Waals surface area contributed by atoms with Gasteiger partial charge in [0.05, 0.1) is 4.92 Å². The number of nitrogens with zero attached hydrogens (tertiary/aromatic N) is 2. The minimum Gasteiger partial charge on any atom is -0.618 e. The molecule has 108 valence electrons. The van der Waals surface area contributed by atoms with E-state index in [0.717, 1.165) is 0 Å². The lowest BCUT2D eigenvalue weighted by molar-refractivity contribution is -0.607. The van der Waals surface area contributed by atoms with E-state index in [4.69, 9.17) is 0 Å². The summed E-state index contributed by atoms with van der Waals surface area (Å²) in [4.78, 5) is 22.5. The highest BCUT2D eigenvalue weighted by atomic mass is 16.6. The van der Waals surface area contributed by atoms with E-state index in [1.54, 1.807) is 18.2 Å². The van der Waals surface area contributed by atoms with Crippen LogP contribution in [-0.4, -0.2) is 10.8 Å². The van der Waals surface area contributed by atoms with Gasteiger partial charge < -0.3 is 10.5 Å². The molecule has 0 aliphatic rings. The number of hydrogen-bond acceptors (Lipinski definition) is 4. The number of pyridine rings is 1. The quantitative estimate of drug-likeness (QED) is 0.402. The highest BCUT2D eigenvalue weighted by molar-refractivity contribution is 6.02. The van der Waals surface area contributed by atoms with E-state index >= 15 is 0 Å². The standard InChI is InChI=1S/C14H13N3O4/c1-2-10-6-7-11(9-13(10)17(20)21)15-14(18)12-5-3-4-8-16(12)19/h3-9H,2H2,1H3,(H,15,18). The predicted molar refractivity (Wildman–Crippen MR) is 75.8 cm³/mol. The fraction of sp³-hybridized carbons (Fsp3) is 0.143. The molecule has 0 atom stereocenters. The van der Waals surface area contributed by atoms with Crippen LogP contribution in [0.25, 0.3) is 0 Å². The van der Waals surface area contributed by atoms with E-state index in [9.17, 15) is 20.1 Å². The molecule has 2 rings (SSSR count). The second-order valence-corrected chi connectivity index (χ2v) is 4.32. The molecule has 0 aliphatic carbocycles. The molecular formula is C14H13N3O4. The lowest BCUT2D eigenvalue weighted by atomic mass is 10.1. The first-order valence-electron chi connectivity index (χ1n) is 6.29. The normalized spacial score (nSPS) is 10.1. The second-order valence-electron chi connectivity index (χ2n) is 4.32. The summed E-state index contributed by atoms with van der Waals surface area (Å²) in [7, 11) is 0. The molecule has 21 heavy (non-hydrogen) atoms. The second kappa shape index (κ2) is 6.00. The molecule has 2 aromatic rings. The maximum absolute atomic E-state index is 12.0. The van der Waals surface area contributed by atoms with Gasteiger partial charge in [-0.2, -0.15) is 4.73 Å². The molecule has 1 aromatic carbocycles. The number of aromatic nitrogens is 1. The van der Waals surface area contributed by atoms with Gasteiger partial charge in [-0.1, -0.05) is 13.0 Å². The van der Waals surface area contributed by atoms with Crippen molar-refractivity contribution in [3.05, 3.63) is 69.2 Å². The van der Waals surface area contributed by atoms with Crippen molar-refractivity contribution in [2.45, 2.75) is 13.3 Å². The van der Waals surface area contributed by atoms with Crippen molar-refractivity contribution >= 4 is 17.3 Å². The molecule has 0 radical (unpaired) electrons. The first kappa shape index (κ1) is 14.4. The van der Waals surface area contributed by atoms with Gasteiger partial charge in [-0.15, -0.1) is 0 Å². The number of hydrogen-bond donors (Lipinski definition) is 1. The molecule has 1 heterocycles. The van der Waals surface area contributed by atoms with Crippen LogP contribution in [0.3, 0.4) is 0 Å². The largest absolute Gasteiger partial charge is 0.618 e. The molecule has 1 amide bonds. The van der Waals surface area contributed by atoms with Gasteiger partial charge in [-0.05, 0) is 18.6 Å². The molecule has 1 N–H and O–H groups in total. The summed E-state index contributed by atoms with van der Waals surface area (Å²) in [5, 5.41) is 24.9. The van der Waals surface area contributed by atoms with E-state index in [0.29, 0.717) is 16.7 Å². The maximum Gasteiger partial charge on any atom is 0.321 e. The molecule has 7 heteroatoms.